The van der Waals surface area contributed by atoms with Gasteiger partial charge < -0.3 is 10.6 Å². The number of hydrogen-bond donors (Lipinski definition) is 2. The van der Waals surface area contributed by atoms with Gasteiger partial charge in [0.25, 0.3) is 0 Å². The number of hydrogen-bond acceptors (Lipinski definition) is 2. The lowest BCUT2D eigenvalue weighted by molar-refractivity contribution is -0.115. The van der Waals surface area contributed by atoms with E-state index < -0.39 is 0 Å². The van der Waals surface area contributed by atoms with Gasteiger partial charge in [0.15, 0.2) is 0 Å². The number of amides is 1. The molecular weight excluding hydrogens is 279 g/mol. The van der Waals surface area contributed by atoms with Gasteiger partial charge in [0.1, 0.15) is 0 Å². The molecule has 84 valence electrons. The van der Waals surface area contributed by atoms with Crippen molar-refractivity contribution in [3.05, 3.63) is 28.2 Å². The normalized spacial score (nSPS) is 9.27. The first-order valence-electron chi connectivity index (χ1n) is 4.34. The van der Waals surface area contributed by atoms with Crippen molar-refractivity contribution in [1.82, 2.24) is 5.32 Å². The predicted molar refractivity (Wildman–Crippen MR) is 68.7 cm³/mol. The molecule has 1 aromatic rings. The molecule has 1 rings (SSSR count). The molecule has 0 bridgehead atoms. The fraction of sp³-hybridized carbons (Fsp3) is 0.300. The number of anilines is 1. The van der Waals surface area contributed by atoms with E-state index in [9.17, 15) is 4.79 Å². The van der Waals surface area contributed by atoms with Gasteiger partial charge in [0.05, 0.1) is 6.54 Å². The van der Waals surface area contributed by atoms with E-state index in [0.29, 0.717) is 6.54 Å². The van der Waals surface area contributed by atoms with Crippen LogP contribution < -0.4 is 10.6 Å². The van der Waals surface area contributed by atoms with Crippen molar-refractivity contribution in [2.24, 2.45) is 0 Å². The van der Waals surface area contributed by atoms with Gasteiger partial charge in [-0.05, 0) is 31.7 Å². The van der Waals surface area contributed by atoms with Crippen LogP contribution in [0.15, 0.2) is 22.7 Å². The SMILES string of the molecule is CNCC(=O)Nc1ccc(C)c(Br)c1.Cl. The second kappa shape index (κ2) is 6.82. The third-order valence-corrected chi connectivity index (χ3v) is 2.65. The summed E-state index contributed by atoms with van der Waals surface area (Å²) in [7, 11) is 1.74. The van der Waals surface area contributed by atoms with Crippen LogP contribution in [0.5, 0.6) is 0 Å². The Kier molecular flexibility index (Phi) is 6.56. The van der Waals surface area contributed by atoms with Crippen molar-refractivity contribution >= 4 is 39.9 Å². The zero-order valence-corrected chi connectivity index (χ0v) is 11.0. The molecule has 1 amide bonds. The van der Waals surface area contributed by atoms with Crippen LogP contribution in [0.4, 0.5) is 5.69 Å². The summed E-state index contributed by atoms with van der Waals surface area (Å²) in [6, 6.07) is 5.73. The van der Waals surface area contributed by atoms with Crippen molar-refractivity contribution in [2.45, 2.75) is 6.92 Å². The molecule has 0 spiro atoms. The summed E-state index contributed by atoms with van der Waals surface area (Å²) in [6.07, 6.45) is 0. The number of carbonyl (C=O) groups excluding carboxylic acids is 1. The molecule has 5 heteroatoms. The molecule has 0 atom stereocenters. The molecule has 2 N–H and O–H groups in total. The quantitative estimate of drug-likeness (QED) is 0.898. The molecular formula is C10H14BrClN2O. The van der Waals surface area contributed by atoms with Gasteiger partial charge in [-0.25, -0.2) is 0 Å². The third-order valence-electron chi connectivity index (χ3n) is 1.79. The zero-order valence-electron chi connectivity index (χ0n) is 8.63. The van der Waals surface area contributed by atoms with E-state index in [1.54, 1.807) is 7.05 Å². The number of carbonyl (C=O) groups is 1. The number of rotatable bonds is 3. The van der Waals surface area contributed by atoms with Gasteiger partial charge in [-0.3, -0.25) is 4.79 Å². The molecule has 0 saturated carbocycles. The Labute approximate surface area is 104 Å². The highest BCUT2D eigenvalue weighted by Gasteiger charge is 2.01. The van der Waals surface area contributed by atoms with Gasteiger partial charge in [0.2, 0.25) is 5.91 Å². The maximum absolute atomic E-state index is 11.2. The Morgan fingerprint density at radius 3 is 2.67 bits per heavy atom. The molecule has 0 radical (unpaired) electrons. The van der Waals surface area contributed by atoms with E-state index in [2.05, 4.69) is 26.6 Å². The first-order valence-corrected chi connectivity index (χ1v) is 5.13. The number of halogens is 2. The van der Waals surface area contributed by atoms with Gasteiger partial charge in [-0.1, -0.05) is 22.0 Å². The van der Waals surface area contributed by atoms with Crippen molar-refractivity contribution in [1.29, 1.82) is 0 Å². The van der Waals surface area contributed by atoms with Crippen LogP contribution in [-0.2, 0) is 4.79 Å². The fourth-order valence-corrected chi connectivity index (χ4v) is 1.42. The standard InChI is InChI=1S/C10H13BrN2O.ClH/c1-7-3-4-8(5-9(7)11)13-10(14)6-12-2;/h3-5,12H,6H2,1-2H3,(H,13,14);1H. The highest BCUT2D eigenvalue weighted by atomic mass is 79.9. The minimum Gasteiger partial charge on any atom is -0.325 e. The van der Waals surface area contributed by atoms with Crippen LogP contribution >= 0.6 is 28.3 Å². The highest BCUT2D eigenvalue weighted by molar-refractivity contribution is 9.10. The van der Waals surface area contributed by atoms with Crippen LogP contribution in [0.1, 0.15) is 5.56 Å². The molecule has 0 aliphatic rings. The van der Waals surface area contributed by atoms with Gasteiger partial charge in [-0.15, -0.1) is 12.4 Å². The summed E-state index contributed by atoms with van der Waals surface area (Å²) >= 11 is 3.41. The van der Waals surface area contributed by atoms with Gasteiger partial charge in [-0.2, -0.15) is 0 Å². The van der Waals surface area contributed by atoms with E-state index in [-0.39, 0.29) is 18.3 Å². The second-order valence-corrected chi connectivity index (χ2v) is 3.90. The Bertz CT molecular complexity index is 344. The number of aryl methyl sites for hydroxylation is 1. The Hall–Kier alpha value is -0.580. The molecule has 0 aliphatic heterocycles. The van der Waals surface area contributed by atoms with Crippen LogP contribution in [0.3, 0.4) is 0 Å². The third kappa shape index (κ3) is 4.64. The van der Waals surface area contributed by atoms with E-state index in [0.717, 1.165) is 15.7 Å². The summed E-state index contributed by atoms with van der Waals surface area (Å²) < 4.78 is 1.000. The van der Waals surface area contributed by atoms with Crippen molar-refractivity contribution in [3.8, 4) is 0 Å². The summed E-state index contributed by atoms with van der Waals surface area (Å²) in [5, 5.41) is 5.57. The lowest BCUT2D eigenvalue weighted by Gasteiger charge is -2.06. The first-order chi connectivity index (χ1) is 6.63. The summed E-state index contributed by atoms with van der Waals surface area (Å²) in [6.45, 7) is 2.33. The number of likely N-dealkylation sites (N-methyl/N-ethyl adjacent to an activating group) is 1. The van der Waals surface area contributed by atoms with E-state index >= 15 is 0 Å². The van der Waals surface area contributed by atoms with Crippen LogP contribution in [0.25, 0.3) is 0 Å². The van der Waals surface area contributed by atoms with E-state index in [1.807, 2.05) is 25.1 Å². The average Bonchev–Trinajstić information content (AvgIpc) is 2.12. The highest BCUT2D eigenvalue weighted by Crippen LogP contribution is 2.20. The Balaban J connectivity index is 0.00000196. The first kappa shape index (κ1) is 14.4. The largest absolute Gasteiger partial charge is 0.325 e. The number of benzene rings is 1. The van der Waals surface area contributed by atoms with Crippen molar-refractivity contribution < 1.29 is 4.79 Å². The number of nitrogens with one attached hydrogen (secondary N) is 2. The lowest BCUT2D eigenvalue weighted by atomic mass is 10.2. The maximum atomic E-state index is 11.2. The minimum atomic E-state index is -0.0387. The second-order valence-electron chi connectivity index (χ2n) is 3.04. The maximum Gasteiger partial charge on any atom is 0.238 e. The van der Waals surface area contributed by atoms with Crippen LogP contribution in [0, 0.1) is 6.92 Å². The van der Waals surface area contributed by atoms with Crippen molar-refractivity contribution in [2.75, 3.05) is 18.9 Å². The smallest absolute Gasteiger partial charge is 0.238 e. The van der Waals surface area contributed by atoms with Crippen LogP contribution in [-0.4, -0.2) is 19.5 Å². The molecule has 1 aromatic carbocycles. The average molecular weight is 294 g/mol. The van der Waals surface area contributed by atoms with Crippen molar-refractivity contribution in [3.63, 3.8) is 0 Å². The van der Waals surface area contributed by atoms with Gasteiger partial charge >= 0.3 is 0 Å². The Morgan fingerprint density at radius 1 is 1.47 bits per heavy atom. The molecule has 0 unspecified atom stereocenters. The van der Waals surface area contributed by atoms with E-state index in [1.165, 1.54) is 0 Å². The fourth-order valence-electron chi connectivity index (χ4n) is 1.04. The summed E-state index contributed by atoms with van der Waals surface area (Å²) in [4.78, 5) is 11.2. The summed E-state index contributed by atoms with van der Waals surface area (Å²) in [5.74, 6) is -0.0387. The molecule has 0 aliphatic carbocycles. The molecule has 0 fully saturated rings. The minimum absolute atomic E-state index is 0. The monoisotopic (exact) mass is 292 g/mol. The predicted octanol–water partition coefficient (Wildman–Crippen LogP) is 2.34. The Morgan fingerprint density at radius 2 is 2.13 bits per heavy atom. The lowest BCUT2D eigenvalue weighted by Crippen LogP contribution is -2.25. The molecule has 0 saturated heterocycles. The molecule has 3 nitrogen and oxygen atoms in total. The van der Waals surface area contributed by atoms with E-state index in [4.69, 9.17) is 0 Å². The summed E-state index contributed by atoms with van der Waals surface area (Å²) in [5.41, 5.74) is 1.96. The molecule has 15 heavy (non-hydrogen) atoms. The topological polar surface area (TPSA) is 41.1 Å². The zero-order chi connectivity index (χ0) is 10.6. The van der Waals surface area contributed by atoms with Gasteiger partial charge in [0, 0.05) is 10.2 Å². The molecule has 0 heterocycles. The van der Waals surface area contributed by atoms with Crippen LogP contribution in [0.2, 0.25) is 0 Å². The molecule has 0 aromatic heterocycles.